The van der Waals surface area contributed by atoms with E-state index >= 15 is 0 Å². The van der Waals surface area contributed by atoms with E-state index in [1.165, 1.54) is 11.8 Å². The van der Waals surface area contributed by atoms with Gasteiger partial charge < -0.3 is 10.0 Å². The number of hydrogen-bond donors (Lipinski definition) is 1. The van der Waals surface area contributed by atoms with Crippen LogP contribution in [0.15, 0.2) is 16.6 Å². The third-order valence-electron chi connectivity index (χ3n) is 3.19. The van der Waals surface area contributed by atoms with E-state index < -0.39 is 29.6 Å². The molecular formula is C13H12BrF2NO3. The lowest BCUT2D eigenvalue weighted by Gasteiger charge is -2.27. The Morgan fingerprint density at radius 2 is 1.90 bits per heavy atom. The van der Waals surface area contributed by atoms with Crippen molar-refractivity contribution in [1.29, 1.82) is 0 Å². The Bertz CT molecular complexity index is 575. The van der Waals surface area contributed by atoms with Crippen LogP contribution in [0.2, 0.25) is 0 Å². The molecule has 7 heteroatoms. The fourth-order valence-electron chi connectivity index (χ4n) is 1.96. The van der Waals surface area contributed by atoms with Crippen molar-refractivity contribution in [3.8, 4) is 0 Å². The number of carboxylic acid groups (broad SMARTS) is 1. The molecule has 2 rings (SSSR count). The molecule has 4 nitrogen and oxygen atoms in total. The molecule has 0 aromatic heterocycles. The standard InChI is InChI=1S/C13H12BrF2NO3/c1-6(13(19)20)17(7-2-3-7)12(18)8-4-10(15)11(16)5-9(8)14/h4-7H,2-3H2,1H3,(H,19,20). The zero-order chi connectivity index (χ0) is 15.0. The molecule has 1 aliphatic carbocycles. The van der Waals surface area contributed by atoms with Gasteiger partial charge in [-0.2, -0.15) is 0 Å². The summed E-state index contributed by atoms with van der Waals surface area (Å²) in [5, 5.41) is 9.05. The quantitative estimate of drug-likeness (QED) is 0.852. The normalized spacial score (nSPS) is 15.8. The predicted molar refractivity (Wildman–Crippen MR) is 70.3 cm³/mol. The molecule has 1 atom stereocenters. The second-order valence-corrected chi connectivity index (χ2v) is 5.56. The molecule has 1 aromatic carbocycles. The van der Waals surface area contributed by atoms with E-state index in [0.29, 0.717) is 12.8 Å². The first-order chi connectivity index (χ1) is 9.32. The number of carbonyl (C=O) groups excluding carboxylic acids is 1. The van der Waals surface area contributed by atoms with Gasteiger partial charge in [-0.1, -0.05) is 0 Å². The Morgan fingerprint density at radius 3 is 2.40 bits per heavy atom. The molecule has 20 heavy (non-hydrogen) atoms. The highest BCUT2D eigenvalue weighted by Gasteiger charge is 2.39. The number of carbonyl (C=O) groups is 2. The number of nitrogens with zero attached hydrogens (tertiary/aromatic N) is 1. The minimum atomic E-state index is -1.14. The van der Waals surface area contributed by atoms with Crippen molar-refractivity contribution in [1.82, 2.24) is 4.90 Å². The highest BCUT2D eigenvalue weighted by Crippen LogP contribution is 2.32. The Kier molecular flexibility index (Phi) is 4.08. The third-order valence-corrected chi connectivity index (χ3v) is 3.85. The van der Waals surface area contributed by atoms with Crippen molar-refractivity contribution in [2.75, 3.05) is 0 Å². The summed E-state index contributed by atoms with van der Waals surface area (Å²) in [6.45, 7) is 1.40. The summed E-state index contributed by atoms with van der Waals surface area (Å²) >= 11 is 3.00. The van der Waals surface area contributed by atoms with Gasteiger partial charge in [-0.25, -0.2) is 13.6 Å². The Hall–Kier alpha value is -1.50. The van der Waals surface area contributed by atoms with Gasteiger partial charge in [0, 0.05) is 10.5 Å². The van der Waals surface area contributed by atoms with Crippen molar-refractivity contribution in [3.63, 3.8) is 0 Å². The van der Waals surface area contributed by atoms with Gasteiger partial charge >= 0.3 is 5.97 Å². The average Bonchev–Trinajstić information content (AvgIpc) is 3.18. The number of amides is 1. The van der Waals surface area contributed by atoms with E-state index in [-0.39, 0.29) is 16.1 Å². The lowest BCUT2D eigenvalue weighted by Crippen LogP contribution is -2.44. The number of hydrogen-bond acceptors (Lipinski definition) is 2. The van der Waals surface area contributed by atoms with E-state index in [4.69, 9.17) is 5.11 Å². The first kappa shape index (κ1) is 14.9. The molecule has 1 unspecified atom stereocenters. The predicted octanol–water partition coefficient (Wildman–Crippen LogP) is 2.81. The summed E-state index contributed by atoms with van der Waals surface area (Å²) < 4.78 is 26.4. The van der Waals surface area contributed by atoms with Gasteiger partial charge in [0.15, 0.2) is 11.6 Å². The molecule has 0 spiro atoms. The van der Waals surface area contributed by atoms with Crippen LogP contribution in [-0.4, -0.2) is 34.0 Å². The van der Waals surface area contributed by atoms with Crippen molar-refractivity contribution < 1.29 is 23.5 Å². The zero-order valence-electron chi connectivity index (χ0n) is 10.6. The number of halogens is 3. The molecule has 1 fully saturated rings. The first-order valence-corrected chi connectivity index (χ1v) is 6.82. The van der Waals surface area contributed by atoms with Gasteiger partial charge in [-0.05, 0) is 47.8 Å². The minimum Gasteiger partial charge on any atom is -0.480 e. The van der Waals surface area contributed by atoms with Gasteiger partial charge in [0.05, 0.1) is 5.56 Å². The third kappa shape index (κ3) is 2.82. The largest absolute Gasteiger partial charge is 0.480 e. The minimum absolute atomic E-state index is 0.0797. The molecule has 0 saturated heterocycles. The highest BCUT2D eigenvalue weighted by atomic mass is 79.9. The number of benzene rings is 1. The molecule has 108 valence electrons. The van der Waals surface area contributed by atoms with Crippen LogP contribution in [0, 0.1) is 11.6 Å². The molecule has 1 amide bonds. The highest BCUT2D eigenvalue weighted by molar-refractivity contribution is 9.10. The van der Waals surface area contributed by atoms with E-state index in [1.54, 1.807) is 0 Å². The maximum absolute atomic E-state index is 13.3. The number of rotatable bonds is 4. The van der Waals surface area contributed by atoms with Gasteiger partial charge in [-0.3, -0.25) is 4.79 Å². The molecular weight excluding hydrogens is 336 g/mol. The van der Waals surface area contributed by atoms with E-state index in [9.17, 15) is 18.4 Å². The maximum Gasteiger partial charge on any atom is 0.326 e. The van der Waals surface area contributed by atoms with Crippen LogP contribution in [0.25, 0.3) is 0 Å². The monoisotopic (exact) mass is 347 g/mol. The summed E-state index contributed by atoms with van der Waals surface area (Å²) in [6, 6.07) is 0.466. The molecule has 0 heterocycles. The lowest BCUT2D eigenvalue weighted by molar-refractivity contribution is -0.141. The summed E-state index contributed by atoms with van der Waals surface area (Å²) in [5.74, 6) is -3.97. The molecule has 1 aromatic rings. The molecule has 0 bridgehead atoms. The van der Waals surface area contributed by atoms with E-state index in [2.05, 4.69) is 15.9 Å². The summed E-state index contributed by atoms with van der Waals surface area (Å²) in [6.07, 6.45) is 1.43. The smallest absolute Gasteiger partial charge is 0.326 e. The lowest BCUT2D eigenvalue weighted by atomic mass is 10.1. The molecule has 0 radical (unpaired) electrons. The van der Waals surface area contributed by atoms with Gasteiger partial charge in [0.1, 0.15) is 6.04 Å². The van der Waals surface area contributed by atoms with Crippen LogP contribution in [0.1, 0.15) is 30.1 Å². The van der Waals surface area contributed by atoms with Crippen LogP contribution in [0.4, 0.5) is 8.78 Å². The summed E-state index contributed by atoms with van der Waals surface area (Å²) in [4.78, 5) is 24.7. The fraction of sp³-hybridized carbons (Fsp3) is 0.385. The van der Waals surface area contributed by atoms with Crippen LogP contribution < -0.4 is 0 Å². The molecule has 1 N–H and O–H groups in total. The molecule has 0 aliphatic heterocycles. The van der Waals surface area contributed by atoms with Crippen molar-refractivity contribution in [2.24, 2.45) is 0 Å². The topological polar surface area (TPSA) is 57.6 Å². The van der Waals surface area contributed by atoms with Crippen LogP contribution in [0.5, 0.6) is 0 Å². The second kappa shape index (κ2) is 5.47. The maximum atomic E-state index is 13.3. The van der Waals surface area contributed by atoms with Gasteiger partial charge in [0.25, 0.3) is 5.91 Å². The van der Waals surface area contributed by atoms with Crippen LogP contribution >= 0.6 is 15.9 Å². The van der Waals surface area contributed by atoms with Gasteiger partial charge in [-0.15, -0.1) is 0 Å². The Labute approximate surface area is 122 Å². The van der Waals surface area contributed by atoms with Crippen LogP contribution in [0.3, 0.4) is 0 Å². The first-order valence-electron chi connectivity index (χ1n) is 6.03. The Balaban J connectivity index is 2.37. The van der Waals surface area contributed by atoms with E-state index in [1.807, 2.05) is 0 Å². The number of aliphatic carboxylic acids is 1. The SMILES string of the molecule is CC(C(=O)O)N(C(=O)c1cc(F)c(F)cc1Br)C1CC1. The van der Waals surface area contributed by atoms with Crippen molar-refractivity contribution >= 4 is 27.8 Å². The Morgan fingerprint density at radius 1 is 1.35 bits per heavy atom. The van der Waals surface area contributed by atoms with Crippen molar-refractivity contribution in [2.45, 2.75) is 31.8 Å². The summed E-state index contributed by atoms with van der Waals surface area (Å²) in [5.41, 5.74) is -0.0797. The average molecular weight is 348 g/mol. The molecule has 1 saturated carbocycles. The molecule has 1 aliphatic rings. The van der Waals surface area contributed by atoms with Crippen LogP contribution in [-0.2, 0) is 4.79 Å². The fourth-order valence-corrected chi connectivity index (χ4v) is 2.44. The van der Waals surface area contributed by atoms with Gasteiger partial charge in [0.2, 0.25) is 0 Å². The van der Waals surface area contributed by atoms with E-state index in [0.717, 1.165) is 12.1 Å². The zero-order valence-corrected chi connectivity index (χ0v) is 12.2. The second-order valence-electron chi connectivity index (χ2n) is 4.70. The summed E-state index contributed by atoms with van der Waals surface area (Å²) in [7, 11) is 0. The van der Waals surface area contributed by atoms with Crippen molar-refractivity contribution in [3.05, 3.63) is 33.8 Å². The number of carboxylic acids is 1.